The number of hydrogen-bond donors (Lipinski definition) is 3. The third kappa shape index (κ3) is 6.76. The Kier molecular flexibility index (Phi) is 7.54. The second-order valence-corrected chi connectivity index (χ2v) is 7.18. The predicted molar refractivity (Wildman–Crippen MR) is 124 cm³/mol. The van der Waals surface area contributed by atoms with Gasteiger partial charge in [-0.15, -0.1) is 0 Å². The van der Waals surface area contributed by atoms with Crippen LogP contribution in [-0.4, -0.2) is 23.7 Å². The molecule has 3 amide bonds. The number of benzene rings is 3. The summed E-state index contributed by atoms with van der Waals surface area (Å²) in [6, 6.07) is 20.0. The summed E-state index contributed by atoms with van der Waals surface area (Å²) in [5.74, 6) is -1.13. The smallest absolute Gasteiger partial charge is 0.308 e. The fourth-order valence-electron chi connectivity index (χ4n) is 3.08. The van der Waals surface area contributed by atoms with Crippen LogP contribution in [0.3, 0.4) is 0 Å². The monoisotopic (exact) mass is 445 g/mol. The van der Waals surface area contributed by atoms with E-state index in [0.717, 1.165) is 0 Å². The molecule has 0 aromatic heterocycles. The fraction of sp³-hybridized carbons (Fsp3) is 0.120. The Hall–Kier alpha value is -4.46. The number of esters is 1. The van der Waals surface area contributed by atoms with Crippen LogP contribution in [0, 0.1) is 0 Å². The van der Waals surface area contributed by atoms with Crippen LogP contribution in [0.5, 0.6) is 5.75 Å². The molecule has 8 nitrogen and oxygen atoms in total. The summed E-state index contributed by atoms with van der Waals surface area (Å²) in [5, 5.41) is 8.28. The molecule has 0 aliphatic rings. The third-order valence-corrected chi connectivity index (χ3v) is 4.51. The number of amides is 3. The predicted octanol–water partition coefficient (Wildman–Crippen LogP) is 3.75. The van der Waals surface area contributed by atoms with E-state index in [4.69, 9.17) is 4.74 Å². The lowest BCUT2D eigenvalue weighted by Gasteiger charge is -2.13. The number of para-hydroxylation sites is 1. The molecule has 0 spiro atoms. The first-order chi connectivity index (χ1) is 15.8. The van der Waals surface area contributed by atoms with Gasteiger partial charge in [0.05, 0.1) is 0 Å². The van der Waals surface area contributed by atoms with Gasteiger partial charge in [-0.2, -0.15) is 0 Å². The quantitative estimate of drug-likeness (QED) is 0.379. The zero-order valence-corrected chi connectivity index (χ0v) is 18.2. The Morgan fingerprint density at radius 3 is 2.18 bits per heavy atom. The van der Waals surface area contributed by atoms with Crippen molar-refractivity contribution in [2.45, 2.75) is 20.4 Å². The number of ether oxygens (including phenoxy) is 1. The number of hydrogen-bond acceptors (Lipinski definition) is 5. The number of rotatable bonds is 7. The van der Waals surface area contributed by atoms with E-state index < -0.39 is 5.97 Å². The summed E-state index contributed by atoms with van der Waals surface area (Å²) in [6.45, 7) is 2.85. The number of carbonyl (C=O) groups excluding carboxylic acids is 4. The van der Waals surface area contributed by atoms with Crippen LogP contribution in [0.25, 0.3) is 0 Å². The molecule has 0 saturated heterocycles. The Morgan fingerprint density at radius 1 is 0.758 bits per heavy atom. The first kappa shape index (κ1) is 23.2. The summed E-state index contributed by atoms with van der Waals surface area (Å²) < 4.78 is 5.03. The Balaban J connectivity index is 1.68. The van der Waals surface area contributed by atoms with Crippen LogP contribution < -0.4 is 20.7 Å². The fourth-order valence-corrected chi connectivity index (χ4v) is 3.08. The highest BCUT2D eigenvalue weighted by atomic mass is 16.5. The van der Waals surface area contributed by atoms with Crippen molar-refractivity contribution in [3.8, 4) is 5.75 Å². The average molecular weight is 445 g/mol. The molecule has 0 aliphatic carbocycles. The molecule has 0 aliphatic heterocycles. The molecule has 3 rings (SSSR count). The maximum Gasteiger partial charge on any atom is 0.308 e. The van der Waals surface area contributed by atoms with Crippen LogP contribution in [-0.2, 0) is 16.1 Å². The van der Waals surface area contributed by atoms with Crippen molar-refractivity contribution in [2.75, 3.05) is 10.6 Å². The van der Waals surface area contributed by atoms with Gasteiger partial charge in [0, 0.05) is 42.9 Å². The Bertz CT molecular complexity index is 1210. The average Bonchev–Trinajstić information content (AvgIpc) is 2.77. The van der Waals surface area contributed by atoms with E-state index in [1.165, 1.54) is 19.9 Å². The van der Waals surface area contributed by atoms with E-state index in [-0.39, 0.29) is 30.0 Å². The lowest BCUT2D eigenvalue weighted by molar-refractivity contribution is -0.131. The highest BCUT2D eigenvalue weighted by Crippen LogP contribution is 2.19. The molecule has 3 aromatic carbocycles. The first-order valence-electron chi connectivity index (χ1n) is 10.2. The van der Waals surface area contributed by atoms with Crippen LogP contribution in [0.2, 0.25) is 0 Å². The lowest BCUT2D eigenvalue weighted by Crippen LogP contribution is -2.24. The Labute approximate surface area is 191 Å². The second-order valence-electron chi connectivity index (χ2n) is 7.18. The van der Waals surface area contributed by atoms with E-state index in [9.17, 15) is 19.2 Å². The summed E-state index contributed by atoms with van der Waals surface area (Å²) in [6.07, 6.45) is 0. The number of nitrogens with one attached hydrogen (secondary N) is 3. The minimum absolute atomic E-state index is 0.174. The molecule has 0 bridgehead atoms. The molecular formula is C25H23N3O5. The van der Waals surface area contributed by atoms with E-state index in [2.05, 4.69) is 16.0 Å². The second kappa shape index (κ2) is 10.7. The van der Waals surface area contributed by atoms with Crippen molar-refractivity contribution >= 4 is 35.1 Å². The van der Waals surface area contributed by atoms with Crippen LogP contribution >= 0.6 is 0 Å². The largest absolute Gasteiger partial charge is 0.427 e. The number of carbonyl (C=O) groups is 4. The van der Waals surface area contributed by atoms with Gasteiger partial charge in [0.1, 0.15) is 5.75 Å². The maximum absolute atomic E-state index is 12.7. The van der Waals surface area contributed by atoms with Crippen molar-refractivity contribution in [3.63, 3.8) is 0 Å². The lowest BCUT2D eigenvalue weighted by atomic mass is 10.1. The highest BCUT2D eigenvalue weighted by Gasteiger charge is 2.12. The molecule has 0 fully saturated rings. The molecule has 0 radical (unpaired) electrons. The zero-order valence-electron chi connectivity index (χ0n) is 18.2. The molecule has 168 valence electrons. The molecule has 0 unspecified atom stereocenters. The summed E-state index contributed by atoms with van der Waals surface area (Å²) >= 11 is 0. The van der Waals surface area contributed by atoms with Gasteiger partial charge in [0.15, 0.2) is 0 Å². The normalized spacial score (nSPS) is 10.1. The molecule has 33 heavy (non-hydrogen) atoms. The van der Waals surface area contributed by atoms with Crippen molar-refractivity contribution < 1.29 is 23.9 Å². The molecule has 0 saturated carbocycles. The van der Waals surface area contributed by atoms with Crippen molar-refractivity contribution in [3.05, 3.63) is 89.5 Å². The molecule has 3 aromatic rings. The minimum atomic E-state index is -0.476. The van der Waals surface area contributed by atoms with Crippen molar-refractivity contribution in [2.24, 2.45) is 0 Å². The maximum atomic E-state index is 12.7. The van der Waals surface area contributed by atoms with Gasteiger partial charge in [-0.1, -0.05) is 30.3 Å². The van der Waals surface area contributed by atoms with Crippen LogP contribution in [0.4, 0.5) is 11.4 Å². The topological polar surface area (TPSA) is 114 Å². The zero-order chi connectivity index (χ0) is 23.8. The molecular weight excluding hydrogens is 422 g/mol. The first-order valence-corrected chi connectivity index (χ1v) is 10.2. The van der Waals surface area contributed by atoms with Gasteiger partial charge in [-0.3, -0.25) is 19.2 Å². The summed E-state index contributed by atoms with van der Waals surface area (Å²) in [7, 11) is 0. The third-order valence-electron chi connectivity index (χ3n) is 4.51. The Morgan fingerprint density at radius 2 is 1.45 bits per heavy atom. The van der Waals surface area contributed by atoms with Gasteiger partial charge >= 0.3 is 5.97 Å². The molecule has 3 N–H and O–H groups in total. The molecule has 8 heteroatoms. The van der Waals surface area contributed by atoms with Crippen molar-refractivity contribution in [1.29, 1.82) is 0 Å². The van der Waals surface area contributed by atoms with Crippen molar-refractivity contribution in [1.82, 2.24) is 5.32 Å². The van der Waals surface area contributed by atoms with Crippen LogP contribution in [0.15, 0.2) is 72.8 Å². The van der Waals surface area contributed by atoms with E-state index in [0.29, 0.717) is 28.1 Å². The van der Waals surface area contributed by atoms with Gasteiger partial charge in [0.2, 0.25) is 5.91 Å². The van der Waals surface area contributed by atoms with E-state index >= 15 is 0 Å². The van der Waals surface area contributed by atoms with Gasteiger partial charge in [-0.05, 0) is 48.0 Å². The van der Waals surface area contributed by atoms with Crippen LogP contribution in [0.1, 0.15) is 40.1 Å². The molecule has 0 heterocycles. The number of anilines is 2. The van der Waals surface area contributed by atoms with E-state index in [1.54, 1.807) is 66.7 Å². The van der Waals surface area contributed by atoms with E-state index in [1.807, 2.05) is 0 Å². The summed E-state index contributed by atoms with van der Waals surface area (Å²) in [4.78, 5) is 47.7. The highest BCUT2D eigenvalue weighted by molar-refractivity contribution is 6.05. The van der Waals surface area contributed by atoms with Gasteiger partial charge < -0.3 is 20.7 Å². The minimum Gasteiger partial charge on any atom is -0.427 e. The van der Waals surface area contributed by atoms with Gasteiger partial charge in [0.25, 0.3) is 11.8 Å². The van der Waals surface area contributed by atoms with Gasteiger partial charge in [-0.25, -0.2) is 0 Å². The summed E-state index contributed by atoms with van der Waals surface area (Å²) in [5.41, 5.74) is 2.48. The standard InChI is InChI=1S/C25H23N3O5/c1-16(29)27-21-10-5-8-18(13-21)24(31)26-15-20-7-3-4-12-23(20)28-25(32)19-9-6-11-22(14-19)33-17(2)30/h3-14H,15H2,1-2H3,(H,26,31)(H,27,29)(H,28,32). The SMILES string of the molecule is CC(=O)Nc1cccc(C(=O)NCc2ccccc2NC(=O)c2cccc(OC(C)=O)c2)c1. The molecule has 0 atom stereocenters.